The van der Waals surface area contributed by atoms with Gasteiger partial charge in [-0.15, -0.1) is 0 Å². The molecule has 5 nitrogen and oxygen atoms in total. The van der Waals surface area contributed by atoms with E-state index in [0.717, 1.165) is 18.4 Å². The number of ketones is 1. The minimum Gasteiger partial charge on any atom is -0.444 e. The molecule has 1 saturated heterocycles. The van der Waals surface area contributed by atoms with Gasteiger partial charge in [-0.05, 0) is 45.6 Å². The van der Waals surface area contributed by atoms with Gasteiger partial charge in [0.1, 0.15) is 5.60 Å². The van der Waals surface area contributed by atoms with Gasteiger partial charge in [0.05, 0.1) is 11.6 Å². The predicted molar refractivity (Wildman–Crippen MR) is 96.2 cm³/mol. The molecule has 1 amide bonds. The third kappa shape index (κ3) is 3.71. The van der Waals surface area contributed by atoms with E-state index in [1.54, 1.807) is 4.90 Å². The molecule has 2 aliphatic rings. The van der Waals surface area contributed by atoms with Crippen molar-refractivity contribution in [3.8, 4) is 0 Å². The second-order valence-electron chi connectivity index (χ2n) is 8.07. The molecule has 1 saturated carbocycles. The Balaban J connectivity index is 1.78. The van der Waals surface area contributed by atoms with Crippen LogP contribution < -0.4 is 5.32 Å². The molecule has 25 heavy (non-hydrogen) atoms. The van der Waals surface area contributed by atoms with E-state index in [-0.39, 0.29) is 17.9 Å². The van der Waals surface area contributed by atoms with Crippen molar-refractivity contribution < 1.29 is 14.3 Å². The van der Waals surface area contributed by atoms with Crippen molar-refractivity contribution in [2.75, 3.05) is 6.54 Å². The Morgan fingerprint density at radius 3 is 2.72 bits per heavy atom. The number of ether oxygens (including phenoxy) is 1. The normalized spacial score (nSPS) is 26.4. The minimum absolute atomic E-state index is 0.118. The van der Waals surface area contributed by atoms with Crippen LogP contribution in [0.1, 0.15) is 52.0 Å². The van der Waals surface area contributed by atoms with E-state index in [0.29, 0.717) is 25.9 Å². The first-order valence-corrected chi connectivity index (χ1v) is 9.14. The van der Waals surface area contributed by atoms with Crippen molar-refractivity contribution in [2.24, 2.45) is 0 Å². The van der Waals surface area contributed by atoms with Crippen LogP contribution in [0.25, 0.3) is 0 Å². The average Bonchev–Trinajstić information content (AvgIpc) is 2.90. The standard InChI is InChI=1S/C20H28N2O3/c1-19(2,3)25-18(24)22-13-7-12-20(16(22)10-11-17(20)23)21-14-15-8-5-4-6-9-15/h4-6,8-9,16,21H,7,10-14H2,1-3H3. The summed E-state index contributed by atoms with van der Waals surface area (Å²) in [6.45, 7) is 6.90. The Labute approximate surface area is 149 Å². The van der Waals surface area contributed by atoms with Gasteiger partial charge in [0, 0.05) is 19.5 Å². The molecule has 1 N–H and O–H groups in total. The summed E-state index contributed by atoms with van der Waals surface area (Å²) in [4.78, 5) is 27.2. The molecule has 1 aromatic rings. The molecule has 0 aromatic heterocycles. The third-order valence-corrected chi connectivity index (χ3v) is 5.14. The van der Waals surface area contributed by atoms with Crippen LogP contribution in [0.3, 0.4) is 0 Å². The van der Waals surface area contributed by atoms with Crippen LogP contribution in [0.2, 0.25) is 0 Å². The highest BCUT2D eigenvalue weighted by Gasteiger charge is 2.55. The Bertz CT molecular complexity index is 638. The Hall–Kier alpha value is -1.88. The number of amides is 1. The molecular formula is C20H28N2O3. The molecule has 136 valence electrons. The number of carbonyl (C=O) groups excluding carboxylic acids is 2. The largest absolute Gasteiger partial charge is 0.444 e. The monoisotopic (exact) mass is 344 g/mol. The number of rotatable bonds is 3. The van der Waals surface area contributed by atoms with Crippen LogP contribution in [0.4, 0.5) is 4.79 Å². The molecular weight excluding hydrogens is 316 g/mol. The number of piperidine rings is 1. The lowest BCUT2D eigenvalue weighted by atomic mass is 9.82. The molecule has 2 fully saturated rings. The van der Waals surface area contributed by atoms with Gasteiger partial charge >= 0.3 is 6.09 Å². The van der Waals surface area contributed by atoms with Crippen LogP contribution in [0, 0.1) is 0 Å². The number of Topliss-reactive ketones (excluding diaryl/α,β-unsaturated/α-hetero) is 1. The second kappa shape index (κ2) is 6.79. The van der Waals surface area contributed by atoms with E-state index in [4.69, 9.17) is 4.74 Å². The number of carbonyl (C=O) groups is 2. The van der Waals surface area contributed by atoms with Gasteiger partial charge in [0.25, 0.3) is 0 Å². The molecule has 0 bridgehead atoms. The summed E-state index contributed by atoms with van der Waals surface area (Å²) < 4.78 is 5.58. The summed E-state index contributed by atoms with van der Waals surface area (Å²) in [5.74, 6) is 0.224. The number of hydrogen-bond donors (Lipinski definition) is 1. The summed E-state index contributed by atoms with van der Waals surface area (Å²) in [6.07, 6.45) is 2.51. The fourth-order valence-electron chi connectivity index (χ4n) is 4.03. The van der Waals surface area contributed by atoms with Crippen LogP contribution >= 0.6 is 0 Å². The summed E-state index contributed by atoms with van der Waals surface area (Å²) >= 11 is 0. The van der Waals surface area contributed by atoms with Crippen LogP contribution in [-0.2, 0) is 16.1 Å². The van der Waals surface area contributed by atoms with Crippen molar-refractivity contribution in [3.63, 3.8) is 0 Å². The van der Waals surface area contributed by atoms with E-state index in [1.807, 2.05) is 51.1 Å². The van der Waals surface area contributed by atoms with Gasteiger partial charge in [-0.3, -0.25) is 10.1 Å². The first-order chi connectivity index (χ1) is 11.8. The first kappa shape index (κ1) is 17.9. The van der Waals surface area contributed by atoms with Gasteiger partial charge in [0.2, 0.25) is 0 Å². The highest BCUT2D eigenvalue weighted by molar-refractivity contribution is 5.93. The van der Waals surface area contributed by atoms with E-state index in [1.165, 1.54) is 0 Å². The molecule has 1 aliphatic heterocycles. The third-order valence-electron chi connectivity index (χ3n) is 5.14. The molecule has 0 spiro atoms. The van der Waals surface area contributed by atoms with E-state index in [2.05, 4.69) is 5.32 Å². The zero-order valence-corrected chi connectivity index (χ0v) is 15.4. The average molecular weight is 344 g/mol. The zero-order valence-electron chi connectivity index (χ0n) is 15.4. The van der Waals surface area contributed by atoms with E-state index in [9.17, 15) is 9.59 Å². The molecule has 0 radical (unpaired) electrons. The topological polar surface area (TPSA) is 58.6 Å². The molecule has 3 rings (SSSR count). The summed E-state index contributed by atoms with van der Waals surface area (Å²) in [6, 6.07) is 9.95. The lowest BCUT2D eigenvalue weighted by Gasteiger charge is -2.45. The first-order valence-electron chi connectivity index (χ1n) is 9.14. The maximum atomic E-state index is 12.8. The van der Waals surface area contributed by atoms with Gasteiger partial charge in [0.15, 0.2) is 5.78 Å². The maximum Gasteiger partial charge on any atom is 0.410 e. The lowest BCUT2D eigenvalue weighted by Crippen LogP contribution is -2.65. The van der Waals surface area contributed by atoms with Gasteiger partial charge in [-0.1, -0.05) is 30.3 Å². The fourth-order valence-corrected chi connectivity index (χ4v) is 4.03. The Morgan fingerprint density at radius 2 is 2.04 bits per heavy atom. The van der Waals surface area contributed by atoms with Crippen molar-refractivity contribution in [2.45, 2.75) is 70.2 Å². The predicted octanol–water partition coefficient (Wildman–Crippen LogP) is 3.28. The number of nitrogens with one attached hydrogen (secondary N) is 1. The Kier molecular flexibility index (Phi) is 4.87. The second-order valence-corrected chi connectivity index (χ2v) is 8.07. The quantitative estimate of drug-likeness (QED) is 0.914. The van der Waals surface area contributed by atoms with E-state index >= 15 is 0 Å². The molecule has 1 aromatic carbocycles. The van der Waals surface area contributed by atoms with Crippen molar-refractivity contribution >= 4 is 11.9 Å². The lowest BCUT2D eigenvalue weighted by molar-refractivity contribution is -0.125. The highest BCUT2D eigenvalue weighted by Crippen LogP contribution is 2.39. The minimum atomic E-state index is -0.634. The van der Waals surface area contributed by atoms with Crippen molar-refractivity contribution in [3.05, 3.63) is 35.9 Å². The number of likely N-dealkylation sites (tertiary alicyclic amines) is 1. The SMILES string of the molecule is CC(C)(C)OC(=O)N1CCCC2(NCc3ccccc3)C(=O)CCC12. The van der Waals surface area contributed by atoms with Crippen molar-refractivity contribution in [1.29, 1.82) is 0 Å². The molecule has 1 heterocycles. The summed E-state index contributed by atoms with van der Waals surface area (Å²) in [7, 11) is 0. The molecule has 2 atom stereocenters. The van der Waals surface area contributed by atoms with E-state index < -0.39 is 11.1 Å². The van der Waals surface area contributed by atoms with Crippen molar-refractivity contribution in [1.82, 2.24) is 10.2 Å². The number of fused-ring (bicyclic) bond motifs is 1. The maximum absolute atomic E-state index is 12.8. The van der Waals surface area contributed by atoms with Crippen LogP contribution in [0.15, 0.2) is 30.3 Å². The zero-order chi connectivity index (χ0) is 18.1. The fraction of sp³-hybridized carbons (Fsp3) is 0.600. The number of benzene rings is 1. The van der Waals surface area contributed by atoms with Gasteiger partial charge in [-0.2, -0.15) is 0 Å². The molecule has 5 heteroatoms. The van der Waals surface area contributed by atoms with Crippen LogP contribution in [-0.4, -0.2) is 40.5 Å². The number of hydrogen-bond acceptors (Lipinski definition) is 4. The van der Waals surface area contributed by atoms with Gasteiger partial charge in [-0.25, -0.2) is 4.79 Å². The smallest absolute Gasteiger partial charge is 0.410 e. The highest BCUT2D eigenvalue weighted by atomic mass is 16.6. The van der Waals surface area contributed by atoms with Gasteiger partial charge < -0.3 is 9.64 Å². The molecule has 1 aliphatic carbocycles. The summed E-state index contributed by atoms with van der Waals surface area (Å²) in [5.41, 5.74) is -0.0212. The summed E-state index contributed by atoms with van der Waals surface area (Å²) in [5, 5.41) is 3.51. The van der Waals surface area contributed by atoms with Crippen LogP contribution in [0.5, 0.6) is 0 Å². The Morgan fingerprint density at radius 1 is 1.32 bits per heavy atom. The number of nitrogens with zero attached hydrogens (tertiary/aromatic N) is 1. The molecule has 2 unspecified atom stereocenters.